The number of amides is 2. The number of nitrogens with one attached hydrogen (secondary N) is 1. The maximum atomic E-state index is 13.4. The second-order valence-electron chi connectivity index (χ2n) is 6.48. The first-order valence-corrected chi connectivity index (χ1v) is 8.44. The molecule has 0 unspecified atom stereocenters. The van der Waals surface area contributed by atoms with Gasteiger partial charge in [0.1, 0.15) is 18.0 Å². The second-order valence-corrected chi connectivity index (χ2v) is 6.48. The van der Waals surface area contributed by atoms with E-state index in [4.69, 9.17) is 0 Å². The summed E-state index contributed by atoms with van der Waals surface area (Å²) in [4.78, 5) is 24.1. The van der Waals surface area contributed by atoms with E-state index in [0.717, 1.165) is 30.0 Å². The van der Waals surface area contributed by atoms with Crippen LogP contribution in [-0.4, -0.2) is 52.0 Å². The highest BCUT2D eigenvalue weighted by molar-refractivity contribution is 5.93. The fourth-order valence-electron chi connectivity index (χ4n) is 3.45. The van der Waals surface area contributed by atoms with Crippen LogP contribution in [0.3, 0.4) is 0 Å². The van der Waals surface area contributed by atoms with Crippen molar-refractivity contribution in [2.45, 2.75) is 6.04 Å². The summed E-state index contributed by atoms with van der Waals surface area (Å²) in [5.41, 5.74) is 1.40. The third-order valence-corrected chi connectivity index (χ3v) is 4.87. The van der Waals surface area contributed by atoms with Crippen molar-refractivity contribution in [1.82, 2.24) is 25.1 Å². The first-order valence-electron chi connectivity index (χ1n) is 8.44. The molecule has 9 heteroatoms. The van der Waals surface area contributed by atoms with Gasteiger partial charge in [0.2, 0.25) is 0 Å². The van der Waals surface area contributed by atoms with Crippen LogP contribution >= 0.6 is 0 Å². The molecule has 0 spiro atoms. The number of rotatable bonds is 3. The number of urea groups is 1. The van der Waals surface area contributed by atoms with Gasteiger partial charge in [0.25, 0.3) is 0 Å². The van der Waals surface area contributed by atoms with Gasteiger partial charge < -0.3 is 10.2 Å². The van der Waals surface area contributed by atoms with Crippen molar-refractivity contribution in [3.05, 3.63) is 42.7 Å². The van der Waals surface area contributed by atoms with Crippen LogP contribution in [0.1, 0.15) is 6.04 Å². The van der Waals surface area contributed by atoms with Gasteiger partial charge in [-0.25, -0.2) is 19.2 Å². The summed E-state index contributed by atoms with van der Waals surface area (Å²) in [6.07, 6.45) is 5.08. The van der Waals surface area contributed by atoms with E-state index in [1.807, 2.05) is 10.9 Å². The molecule has 4 heterocycles. The van der Waals surface area contributed by atoms with Crippen molar-refractivity contribution in [3.8, 4) is 0 Å². The van der Waals surface area contributed by atoms with Gasteiger partial charge in [0.15, 0.2) is 0 Å². The van der Waals surface area contributed by atoms with Crippen molar-refractivity contribution in [3.63, 3.8) is 0 Å². The predicted molar refractivity (Wildman–Crippen MR) is 93.7 cm³/mol. The molecule has 132 valence electrons. The third kappa shape index (κ3) is 2.35. The minimum atomic E-state index is -0.307. The fraction of sp³-hybridized carbons (Fsp3) is 0.294. The van der Waals surface area contributed by atoms with E-state index in [9.17, 15) is 9.18 Å². The van der Waals surface area contributed by atoms with E-state index >= 15 is 0 Å². The lowest BCUT2D eigenvalue weighted by molar-refractivity contribution is 0.252. The van der Waals surface area contributed by atoms with Gasteiger partial charge >= 0.3 is 6.03 Å². The number of carbonyl (C=O) groups is 1. The Labute approximate surface area is 148 Å². The molecule has 0 saturated carbocycles. The molecular weight excluding hydrogens is 337 g/mol. The first-order chi connectivity index (χ1) is 12.7. The molecule has 1 aromatic carbocycles. The summed E-state index contributed by atoms with van der Waals surface area (Å²) in [7, 11) is 0. The quantitative estimate of drug-likeness (QED) is 0.773. The molecule has 2 aliphatic rings. The molecule has 26 heavy (non-hydrogen) atoms. The fourth-order valence-corrected chi connectivity index (χ4v) is 3.45. The number of carbonyl (C=O) groups excluding carboxylic acids is 1. The molecule has 2 saturated heterocycles. The molecule has 3 aromatic rings. The Balaban J connectivity index is 1.34. The Hall–Kier alpha value is -3.23. The lowest BCUT2D eigenvalue weighted by Gasteiger charge is -2.40. The molecule has 8 nitrogen and oxygen atoms in total. The van der Waals surface area contributed by atoms with Crippen molar-refractivity contribution < 1.29 is 9.18 Å². The zero-order chi connectivity index (χ0) is 17.7. The monoisotopic (exact) mass is 353 g/mol. The maximum absolute atomic E-state index is 13.4. The molecular formula is C17H16FN7O. The molecule has 5 rings (SSSR count). The predicted octanol–water partition coefficient (Wildman–Crippen LogP) is 1.56. The van der Waals surface area contributed by atoms with Gasteiger partial charge in [0.05, 0.1) is 23.4 Å². The summed E-state index contributed by atoms with van der Waals surface area (Å²) in [5, 5.41) is 8.03. The average molecular weight is 353 g/mol. The number of fused-ring (bicyclic) bond motifs is 1. The van der Waals surface area contributed by atoms with Crippen LogP contribution < -0.4 is 15.1 Å². The largest absolute Gasteiger partial charge is 0.352 e. The lowest BCUT2D eigenvalue weighted by Crippen LogP contribution is -2.48. The van der Waals surface area contributed by atoms with Crippen LogP contribution in [0.15, 0.2) is 36.9 Å². The van der Waals surface area contributed by atoms with E-state index in [0.29, 0.717) is 18.6 Å². The zero-order valence-corrected chi connectivity index (χ0v) is 13.8. The molecule has 0 aliphatic carbocycles. The summed E-state index contributed by atoms with van der Waals surface area (Å²) >= 11 is 0. The molecule has 2 fully saturated rings. The number of anilines is 2. The van der Waals surface area contributed by atoms with E-state index in [2.05, 4.69) is 25.3 Å². The Morgan fingerprint density at radius 2 is 2.12 bits per heavy atom. The van der Waals surface area contributed by atoms with Crippen LogP contribution in [-0.2, 0) is 0 Å². The normalized spacial score (nSPS) is 17.7. The Morgan fingerprint density at radius 1 is 1.23 bits per heavy atom. The van der Waals surface area contributed by atoms with E-state index in [-0.39, 0.29) is 17.9 Å². The Kier molecular flexibility index (Phi) is 3.27. The van der Waals surface area contributed by atoms with E-state index < -0.39 is 0 Å². The smallest absolute Gasteiger partial charge is 0.322 e. The standard InChI is InChI=1S/C17H16FN7O/c18-11-1-2-14-15(5-11)20-10-21-16(14)23-7-13(8-23)25-9-12(6-22-25)24-4-3-19-17(24)26/h1-2,5-6,9-10,13H,3-4,7-8H2,(H,19,26). The SMILES string of the molecule is O=C1NCCN1c1cnn(C2CN(c3ncnc4cc(F)ccc34)C2)c1. The topological polar surface area (TPSA) is 79.2 Å². The molecule has 2 aromatic heterocycles. The Bertz CT molecular complexity index is 998. The molecule has 0 atom stereocenters. The third-order valence-electron chi connectivity index (χ3n) is 4.87. The highest BCUT2D eigenvalue weighted by Crippen LogP contribution is 2.31. The van der Waals surface area contributed by atoms with Crippen LogP contribution in [0.4, 0.5) is 20.7 Å². The van der Waals surface area contributed by atoms with Crippen molar-refractivity contribution in [2.24, 2.45) is 0 Å². The Morgan fingerprint density at radius 3 is 2.92 bits per heavy atom. The first kappa shape index (κ1) is 15.1. The van der Waals surface area contributed by atoms with Crippen molar-refractivity contribution in [1.29, 1.82) is 0 Å². The van der Waals surface area contributed by atoms with Gasteiger partial charge in [-0.1, -0.05) is 0 Å². The molecule has 0 bridgehead atoms. The van der Waals surface area contributed by atoms with Gasteiger partial charge in [-0.15, -0.1) is 0 Å². The summed E-state index contributed by atoms with van der Waals surface area (Å²) in [6, 6.07) is 4.68. The summed E-state index contributed by atoms with van der Waals surface area (Å²) < 4.78 is 15.3. The number of nitrogens with zero attached hydrogens (tertiary/aromatic N) is 6. The number of halogens is 1. The van der Waals surface area contributed by atoms with E-state index in [1.54, 1.807) is 17.2 Å². The minimum absolute atomic E-state index is 0.0838. The van der Waals surface area contributed by atoms with Crippen LogP contribution in [0, 0.1) is 5.82 Å². The number of benzene rings is 1. The number of hydrogen-bond acceptors (Lipinski definition) is 5. The molecule has 2 amide bonds. The van der Waals surface area contributed by atoms with Crippen LogP contribution in [0.2, 0.25) is 0 Å². The minimum Gasteiger partial charge on any atom is -0.352 e. The highest BCUT2D eigenvalue weighted by Gasteiger charge is 2.32. The van der Waals surface area contributed by atoms with Crippen molar-refractivity contribution in [2.75, 3.05) is 36.0 Å². The second kappa shape index (κ2) is 5.65. The van der Waals surface area contributed by atoms with Gasteiger partial charge in [-0.05, 0) is 12.1 Å². The van der Waals surface area contributed by atoms with Gasteiger partial charge in [-0.2, -0.15) is 5.10 Å². The highest BCUT2D eigenvalue weighted by atomic mass is 19.1. The average Bonchev–Trinajstić information content (AvgIpc) is 3.22. The molecule has 0 radical (unpaired) electrons. The zero-order valence-electron chi connectivity index (χ0n) is 13.8. The van der Waals surface area contributed by atoms with Gasteiger partial charge in [0, 0.05) is 43.8 Å². The van der Waals surface area contributed by atoms with Gasteiger partial charge in [-0.3, -0.25) is 9.58 Å². The van der Waals surface area contributed by atoms with Crippen molar-refractivity contribution >= 4 is 28.4 Å². The number of hydrogen-bond donors (Lipinski definition) is 1. The molecule has 2 aliphatic heterocycles. The number of aromatic nitrogens is 4. The summed E-state index contributed by atoms with van der Waals surface area (Å²) in [6.45, 7) is 2.81. The van der Waals surface area contributed by atoms with Crippen LogP contribution in [0.25, 0.3) is 10.9 Å². The summed E-state index contributed by atoms with van der Waals surface area (Å²) in [5.74, 6) is 0.496. The maximum Gasteiger partial charge on any atom is 0.322 e. The molecule has 1 N–H and O–H groups in total. The lowest BCUT2D eigenvalue weighted by atomic mass is 10.1. The van der Waals surface area contributed by atoms with E-state index in [1.165, 1.54) is 18.5 Å². The van der Waals surface area contributed by atoms with Crippen LogP contribution in [0.5, 0.6) is 0 Å².